The van der Waals surface area contributed by atoms with Gasteiger partial charge < -0.3 is 4.98 Å². The molecule has 1 N–H and O–H groups in total. The summed E-state index contributed by atoms with van der Waals surface area (Å²) in [4.78, 5) is 14.8. The van der Waals surface area contributed by atoms with Gasteiger partial charge in [0, 0.05) is 22.2 Å². The lowest BCUT2D eigenvalue weighted by Gasteiger charge is -1.98. The Morgan fingerprint density at radius 3 is 2.73 bits per heavy atom. The van der Waals surface area contributed by atoms with Crippen LogP contribution >= 0.6 is 0 Å². The number of aryl methyl sites for hydroxylation is 2. The maximum atomic E-state index is 11.5. The average Bonchev–Trinajstić information content (AvgIpc) is 2.52. The summed E-state index contributed by atoms with van der Waals surface area (Å²) < 4.78 is 0. The minimum atomic E-state index is 0.131. The van der Waals surface area contributed by atoms with Crippen LogP contribution < -0.4 is 0 Å². The molecule has 0 spiro atoms. The highest BCUT2D eigenvalue weighted by atomic mass is 16.1. The average molecular weight is 201 g/mol. The van der Waals surface area contributed by atoms with Crippen LogP contribution in [0.5, 0.6) is 0 Å². The molecule has 0 aliphatic heterocycles. The largest absolute Gasteiger partial charge is 0.358 e. The van der Waals surface area contributed by atoms with E-state index in [1.54, 1.807) is 6.92 Å². The first-order chi connectivity index (χ1) is 7.13. The molecule has 0 radical (unpaired) electrons. The third-order valence-electron chi connectivity index (χ3n) is 2.81. The van der Waals surface area contributed by atoms with Crippen LogP contribution in [-0.2, 0) is 6.42 Å². The van der Waals surface area contributed by atoms with Gasteiger partial charge in [0.25, 0.3) is 0 Å². The van der Waals surface area contributed by atoms with E-state index >= 15 is 0 Å². The Labute approximate surface area is 89.3 Å². The molecule has 1 aromatic heterocycles. The first-order valence-electron chi connectivity index (χ1n) is 5.25. The van der Waals surface area contributed by atoms with E-state index in [1.807, 2.05) is 13.0 Å². The molecule has 0 aliphatic rings. The van der Waals surface area contributed by atoms with Crippen molar-refractivity contribution in [2.45, 2.75) is 27.2 Å². The first kappa shape index (κ1) is 9.97. The Bertz CT molecular complexity index is 523. The van der Waals surface area contributed by atoms with Crippen molar-refractivity contribution in [1.82, 2.24) is 4.98 Å². The van der Waals surface area contributed by atoms with Gasteiger partial charge in [-0.05, 0) is 38.0 Å². The predicted molar refractivity (Wildman–Crippen MR) is 62.4 cm³/mol. The summed E-state index contributed by atoms with van der Waals surface area (Å²) >= 11 is 0. The molecule has 0 saturated heterocycles. The molecule has 0 bridgehead atoms. The summed E-state index contributed by atoms with van der Waals surface area (Å²) in [5, 5.41) is 1.05. The lowest BCUT2D eigenvalue weighted by molar-refractivity contribution is 0.101. The quantitative estimate of drug-likeness (QED) is 0.743. The van der Waals surface area contributed by atoms with Gasteiger partial charge in [-0.1, -0.05) is 13.0 Å². The molecule has 1 aromatic carbocycles. The molecule has 2 heteroatoms. The molecule has 0 aliphatic carbocycles. The second-order valence-electron chi connectivity index (χ2n) is 3.91. The van der Waals surface area contributed by atoms with Crippen molar-refractivity contribution in [3.05, 3.63) is 35.0 Å². The maximum Gasteiger partial charge on any atom is 0.162 e. The fourth-order valence-corrected chi connectivity index (χ4v) is 2.05. The number of carbonyl (C=O) groups is 1. The Morgan fingerprint density at radius 1 is 1.40 bits per heavy atom. The van der Waals surface area contributed by atoms with Crippen LogP contribution in [0.3, 0.4) is 0 Å². The fraction of sp³-hybridized carbons (Fsp3) is 0.308. The fourth-order valence-electron chi connectivity index (χ4n) is 2.05. The number of aromatic amines is 1. The van der Waals surface area contributed by atoms with Crippen molar-refractivity contribution in [2.24, 2.45) is 0 Å². The van der Waals surface area contributed by atoms with Gasteiger partial charge in [-0.2, -0.15) is 0 Å². The van der Waals surface area contributed by atoms with Crippen LogP contribution in [0.15, 0.2) is 18.2 Å². The Balaban J connectivity index is 2.77. The normalized spacial score (nSPS) is 10.9. The van der Waals surface area contributed by atoms with Gasteiger partial charge in [0.15, 0.2) is 5.78 Å². The van der Waals surface area contributed by atoms with E-state index in [2.05, 4.69) is 24.0 Å². The summed E-state index contributed by atoms with van der Waals surface area (Å²) in [6.45, 7) is 5.69. The number of H-pyrrole nitrogens is 1. The first-order valence-corrected chi connectivity index (χ1v) is 5.25. The Hall–Kier alpha value is -1.57. The molecule has 78 valence electrons. The summed E-state index contributed by atoms with van der Waals surface area (Å²) in [5.41, 5.74) is 4.12. The Morgan fingerprint density at radius 2 is 2.13 bits per heavy atom. The SMILES string of the molecule is CCc1ccc2[nH]c(C)c(C(C)=O)c2c1. The molecule has 0 unspecified atom stereocenters. The molecule has 2 aromatic rings. The van der Waals surface area contributed by atoms with Crippen LogP contribution in [-0.4, -0.2) is 10.8 Å². The van der Waals surface area contributed by atoms with E-state index in [0.29, 0.717) is 0 Å². The third kappa shape index (κ3) is 1.56. The molecule has 0 fully saturated rings. The molecule has 0 amide bonds. The van der Waals surface area contributed by atoms with Gasteiger partial charge in [-0.25, -0.2) is 0 Å². The molecule has 0 saturated carbocycles. The summed E-state index contributed by atoms with van der Waals surface area (Å²) in [6.07, 6.45) is 0.998. The zero-order chi connectivity index (χ0) is 11.0. The molecule has 2 nitrogen and oxygen atoms in total. The van der Waals surface area contributed by atoms with Gasteiger partial charge in [0.2, 0.25) is 0 Å². The molecular weight excluding hydrogens is 186 g/mol. The number of aromatic nitrogens is 1. The van der Waals surface area contributed by atoms with E-state index in [1.165, 1.54) is 5.56 Å². The number of carbonyl (C=O) groups excluding carboxylic acids is 1. The highest BCUT2D eigenvalue weighted by molar-refractivity contribution is 6.08. The van der Waals surface area contributed by atoms with Crippen LogP contribution in [0.4, 0.5) is 0 Å². The Kier molecular flexibility index (Phi) is 2.35. The van der Waals surface area contributed by atoms with Crippen molar-refractivity contribution >= 4 is 16.7 Å². The predicted octanol–water partition coefficient (Wildman–Crippen LogP) is 3.24. The molecule has 1 heterocycles. The highest BCUT2D eigenvalue weighted by Crippen LogP contribution is 2.23. The topological polar surface area (TPSA) is 32.9 Å². The summed E-state index contributed by atoms with van der Waals surface area (Å²) in [5.74, 6) is 0.131. The van der Waals surface area contributed by atoms with E-state index < -0.39 is 0 Å². The molecule has 2 rings (SSSR count). The van der Waals surface area contributed by atoms with Gasteiger partial charge in [-0.15, -0.1) is 0 Å². The van der Waals surface area contributed by atoms with Gasteiger partial charge in [0.05, 0.1) is 0 Å². The van der Waals surface area contributed by atoms with Crippen LogP contribution in [0.25, 0.3) is 10.9 Å². The van der Waals surface area contributed by atoms with Crippen LogP contribution in [0.1, 0.15) is 35.5 Å². The number of fused-ring (bicyclic) bond motifs is 1. The van der Waals surface area contributed by atoms with Crippen molar-refractivity contribution in [3.8, 4) is 0 Å². The molecular formula is C13H15NO. The van der Waals surface area contributed by atoms with Gasteiger partial charge in [-0.3, -0.25) is 4.79 Å². The number of benzene rings is 1. The summed E-state index contributed by atoms with van der Waals surface area (Å²) in [7, 11) is 0. The zero-order valence-electron chi connectivity index (χ0n) is 9.35. The van der Waals surface area contributed by atoms with Crippen molar-refractivity contribution < 1.29 is 4.79 Å². The summed E-state index contributed by atoms with van der Waals surface area (Å²) in [6, 6.07) is 6.26. The monoisotopic (exact) mass is 201 g/mol. The van der Waals surface area contributed by atoms with E-state index in [0.717, 1.165) is 28.6 Å². The molecule has 0 atom stereocenters. The smallest absolute Gasteiger partial charge is 0.162 e. The van der Waals surface area contributed by atoms with E-state index in [4.69, 9.17) is 0 Å². The highest BCUT2D eigenvalue weighted by Gasteiger charge is 2.12. The number of rotatable bonds is 2. The maximum absolute atomic E-state index is 11.5. The van der Waals surface area contributed by atoms with Gasteiger partial charge >= 0.3 is 0 Å². The van der Waals surface area contributed by atoms with Crippen LogP contribution in [0.2, 0.25) is 0 Å². The van der Waals surface area contributed by atoms with Crippen molar-refractivity contribution in [2.75, 3.05) is 0 Å². The van der Waals surface area contributed by atoms with Crippen LogP contribution in [0, 0.1) is 6.92 Å². The standard InChI is InChI=1S/C13H15NO/c1-4-10-5-6-12-11(7-10)13(9(3)15)8(2)14-12/h5-7,14H,4H2,1-3H3. The lowest BCUT2D eigenvalue weighted by atomic mass is 10.0. The molecule has 15 heavy (non-hydrogen) atoms. The second kappa shape index (κ2) is 3.54. The van der Waals surface area contributed by atoms with Gasteiger partial charge in [0.1, 0.15) is 0 Å². The minimum Gasteiger partial charge on any atom is -0.358 e. The van der Waals surface area contributed by atoms with E-state index in [-0.39, 0.29) is 5.78 Å². The van der Waals surface area contributed by atoms with Crippen molar-refractivity contribution in [3.63, 3.8) is 0 Å². The number of ketones is 1. The van der Waals surface area contributed by atoms with E-state index in [9.17, 15) is 4.79 Å². The lowest BCUT2D eigenvalue weighted by Crippen LogP contribution is -1.93. The third-order valence-corrected chi connectivity index (χ3v) is 2.81. The number of hydrogen-bond donors (Lipinski definition) is 1. The van der Waals surface area contributed by atoms with Crippen molar-refractivity contribution in [1.29, 1.82) is 0 Å². The second-order valence-corrected chi connectivity index (χ2v) is 3.91. The number of nitrogens with one attached hydrogen (secondary N) is 1. The zero-order valence-corrected chi connectivity index (χ0v) is 9.35. The number of Topliss-reactive ketones (excluding diaryl/α,β-unsaturated/α-hetero) is 1. The number of hydrogen-bond acceptors (Lipinski definition) is 1. The minimum absolute atomic E-state index is 0.131.